The molecule has 1 saturated heterocycles. The van der Waals surface area contributed by atoms with E-state index in [2.05, 4.69) is 25.4 Å². The number of hydrazone groups is 1. The van der Waals surface area contributed by atoms with E-state index < -0.39 is 17.7 Å². The van der Waals surface area contributed by atoms with E-state index in [4.69, 9.17) is 21.1 Å². The summed E-state index contributed by atoms with van der Waals surface area (Å²) in [6, 6.07) is 10.2. The minimum Gasteiger partial charge on any atom is -0.464 e. The summed E-state index contributed by atoms with van der Waals surface area (Å²) in [5, 5.41) is 4.61. The van der Waals surface area contributed by atoms with Gasteiger partial charge in [0.15, 0.2) is 0 Å². The van der Waals surface area contributed by atoms with Crippen molar-refractivity contribution in [3.63, 3.8) is 0 Å². The van der Waals surface area contributed by atoms with E-state index in [1.54, 1.807) is 24.3 Å². The van der Waals surface area contributed by atoms with Crippen molar-refractivity contribution < 1.29 is 27.4 Å². The first-order valence-corrected chi connectivity index (χ1v) is 12.4. The Labute approximate surface area is 223 Å². The average molecular weight is 550 g/mol. The van der Waals surface area contributed by atoms with Gasteiger partial charge in [-0.15, -0.1) is 0 Å². The van der Waals surface area contributed by atoms with E-state index >= 15 is 0 Å². The molecule has 2 heterocycles. The minimum absolute atomic E-state index is 0.0255. The van der Waals surface area contributed by atoms with Crippen LogP contribution in [0.3, 0.4) is 0 Å². The third kappa shape index (κ3) is 6.97. The number of hydrogen-bond donors (Lipinski definition) is 1. The first-order chi connectivity index (χ1) is 18.3. The van der Waals surface area contributed by atoms with Crippen LogP contribution < -0.4 is 5.43 Å². The lowest BCUT2D eigenvalue weighted by Crippen LogP contribution is -2.37. The first-order valence-electron chi connectivity index (χ1n) is 12.1. The number of halogens is 4. The van der Waals surface area contributed by atoms with Gasteiger partial charge in [-0.1, -0.05) is 35.9 Å². The highest BCUT2D eigenvalue weighted by atomic mass is 35.5. The Morgan fingerprint density at radius 2 is 1.95 bits per heavy atom. The van der Waals surface area contributed by atoms with Crippen LogP contribution in [-0.4, -0.2) is 74.6 Å². The molecule has 0 spiro atoms. The molecule has 0 aromatic heterocycles. The van der Waals surface area contributed by atoms with Crippen molar-refractivity contribution in [1.29, 1.82) is 0 Å². The summed E-state index contributed by atoms with van der Waals surface area (Å²) < 4.78 is 50.6. The Bertz CT molecular complexity index is 1260. The Morgan fingerprint density at radius 3 is 2.66 bits per heavy atom. The molecule has 0 saturated carbocycles. The molecule has 1 N–H and O–H groups in total. The van der Waals surface area contributed by atoms with E-state index in [1.807, 2.05) is 0 Å². The topological polar surface area (TPSA) is 87.9 Å². The molecule has 202 valence electrons. The summed E-state index contributed by atoms with van der Waals surface area (Å²) in [6.45, 7) is 3.73. The van der Waals surface area contributed by atoms with E-state index in [9.17, 15) is 18.0 Å². The van der Waals surface area contributed by atoms with Crippen molar-refractivity contribution in [3.8, 4) is 0 Å². The second kappa shape index (κ2) is 12.5. The maximum atomic E-state index is 13.5. The van der Waals surface area contributed by atoms with Gasteiger partial charge in [0.25, 0.3) is 0 Å². The molecular formula is C26H27ClF3N5O3. The van der Waals surface area contributed by atoms with Crippen LogP contribution in [0.2, 0.25) is 5.02 Å². The molecule has 4 rings (SSSR count). The molecule has 0 amide bonds. The van der Waals surface area contributed by atoms with Crippen LogP contribution in [0.5, 0.6) is 0 Å². The van der Waals surface area contributed by atoms with Gasteiger partial charge in [0, 0.05) is 35.7 Å². The number of alkyl halides is 3. The van der Waals surface area contributed by atoms with Gasteiger partial charge in [0.2, 0.25) is 0 Å². The smallest absolute Gasteiger partial charge is 0.416 e. The number of esters is 1. The molecule has 38 heavy (non-hydrogen) atoms. The van der Waals surface area contributed by atoms with Crippen molar-refractivity contribution in [2.75, 3.05) is 46.5 Å². The van der Waals surface area contributed by atoms with E-state index in [0.717, 1.165) is 31.8 Å². The number of nitrogens with zero attached hydrogens (tertiary/aromatic N) is 4. The lowest BCUT2D eigenvalue weighted by Gasteiger charge is -2.26. The third-order valence-electron chi connectivity index (χ3n) is 6.08. The second-order valence-corrected chi connectivity index (χ2v) is 9.06. The molecule has 2 aromatic carbocycles. The molecule has 12 heteroatoms. The molecule has 2 aromatic rings. The third-order valence-corrected chi connectivity index (χ3v) is 6.41. The number of rotatable bonds is 7. The van der Waals surface area contributed by atoms with Crippen molar-refractivity contribution in [2.45, 2.75) is 19.0 Å². The van der Waals surface area contributed by atoms with Gasteiger partial charge in [0.1, 0.15) is 11.5 Å². The van der Waals surface area contributed by atoms with Crippen LogP contribution in [0.1, 0.15) is 29.5 Å². The van der Waals surface area contributed by atoms with Crippen molar-refractivity contribution in [3.05, 3.63) is 64.2 Å². The number of amidine groups is 1. The van der Waals surface area contributed by atoms with Gasteiger partial charge in [-0.3, -0.25) is 15.3 Å². The molecule has 0 atom stereocenters. The van der Waals surface area contributed by atoms with E-state index in [0.29, 0.717) is 47.9 Å². The average Bonchev–Trinajstić information content (AvgIpc) is 3.09. The number of nitrogens with one attached hydrogen (secondary N) is 1. The highest BCUT2D eigenvalue weighted by Crippen LogP contribution is 2.35. The fourth-order valence-electron chi connectivity index (χ4n) is 4.11. The molecule has 8 nitrogen and oxygen atoms in total. The highest BCUT2D eigenvalue weighted by molar-refractivity contribution is 6.37. The first kappa shape index (κ1) is 27.7. The van der Waals surface area contributed by atoms with Gasteiger partial charge in [0.05, 0.1) is 43.8 Å². The second-order valence-electron chi connectivity index (χ2n) is 8.65. The summed E-state index contributed by atoms with van der Waals surface area (Å²) in [6.07, 6.45) is -3.55. The number of fused-ring (bicyclic) bond motifs is 1. The number of ether oxygens (including phenoxy) is 2. The number of hydrogen-bond acceptors (Lipinski definition) is 8. The molecule has 0 radical (unpaired) electrons. The Balaban J connectivity index is 1.61. The number of carbonyl (C=O) groups excluding carboxylic acids is 1. The monoisotopic (exact) mass is 549 g/mol. The standard InChI is InChI=1S/C26H27ClF3N5O3/c1-37-25(36)21(7-4-10-35-11-13-38-14-12-35)33-34-23-16-31-24(18-5-2-3-6-20(18)27)19-9-8-17(26(28,29)30)15-22(19)32-23/h2-3,5-6,8-9,15H,4,7,10-14,16H2,1H3,(H,32,34)/b33-21+. The van der Waals surface area contributed by atoms with Crippen LogP contribution >= 0.6 is 11.6 Å². The fraction of sp³-hybridized carbons (Fsp3) is 0.385. The summed E-state index contributed by atoms with van der Waals surface area (Å²) in [4.78, 5) is 23.6. The van der Waals surface area contributed by atoms with Crippen LogP contribution in [0, 0.1) is 0 Å². The van der Waals surface area contributed by atoms with Crippen molar-refractivity contribution >= 4 is 40.5 Å². The molecule has 0 bridgehead atoms. The zero-order chi connectivity index (χ0) is 27.1. The maximum absolute atomic E-state index is 13.5. The molecular weight excluding hydrogens is 523 g/mol. The number of aliphatic imine (C=N–C) groups is 2. The Hall–Kier alpha value is -3.28. The predicted octanol–water partition coefficient (Wildman–Crippen LogP) is 4.47. The van der Waals surface area contributed by atoms with Crippen LogP contribution in [-0.2, 0) is 20.4 Å². The summed E-state index contributed by atoms with van der Waals surface area (Å²) in [5.41, 5.74) is 3.45. The molecule has 2 aliphatic heterocycles. The normalized spacial score (nSPS) is 16.7. The Kier molecular flexibility index (Phi) is 9.13. The minimum atomic E-state index is -4.55. The van der Waals surface area contributed by atoms with Gasteiger partial charge in [-0.2, -0.15) is 18.3 Å². The van der Waals surface area contributed by atoms with Gasteiger partial charge in [-0.05, 0) is 31.2 Å². The number of carbonyl (C=O) groups is 1. The quantitative estimate of drug-likeness (QED) is 0.313. The lowest BCUT2D eigenvalue weighted by molar-refractivity contribution is -0.137. The lowest BCUT2D eigenvalue weighted by atomic mass is 9.99. The van der Waals surface area contributed by atoms with Gasteiger partial charge < -0.3 is 9.47 Å². The number of methoxy groups -OCH3 is 1. The largest absolute Gasteiger partial charge is 0.464 e. The SMILES string of the molecule is COC(=O)/C(CCCN1CCOCC1)=N/NC1=Nc2cc(C(F)(F)F)ccc2C(c2ccccc2Cl)=NC1. The van der Waals surface area contributed by atoms with Gasteiger partial charge in [-0.25, -0.2) is 9.79 Å². The Morgan fingerprint density at radius 1 is 1.18 bits per heavy atom. The number of benzene rings is 2. The zero-order valence-corrected chi connectivity index (χ0v) is 21.5. The van der Waals surface area contributed by atoms with Crippen molar-refractivity contribution in [2.24, 2.45) is 15.1 Å². The highest BCUT2D eigenvalue weighted by Gasteiger charge is 2.32. The predicted molar refractivity (Wildman–Crippen MR) is 140 cm³/mol. The summed E-state index contributed by atoms with van der Waals surface area (Å²) in [5.74, 6) is -0.434. The van der Waals surface area contributed by atoms with Crippen LogP contribution in [0.25, 0.3) is 0 Å². The van der Waals surface area contributed by atoms with Gasteiger partial charge >= 0.3 is 12.1 Å². The zero-order valence-electron chi connectivity index (χ0n) is 20.7. The number of morpholine rings is 1. The summed E-state index contributed by atoms with van der Waals surface area (Å²) in [7, 11) is 1.26. The molecule has 1 fully saturated rings. The molecule has 0 unspecified atom stereocenters. The van der Waals surface area contributed by atoms with Crippen LogP contribution in [0.4, 0.5) is 18.9 Å². The molecule has 0 aliphatic carbocycles. The fourth-order valence-corrected chi connectivity index (χ4v) is 4.34. The summed E-state index contributed by atoms with van der Waals surface area (Å²) >= 11 is 6.38. The molecule has 2 aliphatic rings. The maximum Gasteiger partial charge on any atom is 0.416 e. The van der Waals surface area contributed by atoms with E-state index in [1.165, 1.54) is 13.2 Å². The van der Waals surface area contributed by atoms with E-state index in [-0.39, 0.29) is 23.8 Å². The van der Waals surface area contributed by atoms with Crippen molar-refractivity contribution in [1.82, 2.24) is 10.3 Å². The van der Waals surface area contributed by atoms with Crippen LogP contribution in [0.15, 0.2) is 57.6 Å².